The van der Waals surface area contributed by atoms with Crippen molar-refractivity contribution in [1.29, 1.82) is 0 Å². The number of rotatable bonds is 55. The van der Waals surface area contributed by atoms with Crippen LogP contribution in [0.4, 0.5) is 0 Å². The maximum atomic E-state index is 13.5. The number of esters is 1. The summed E-state index contributed by atoms with van der Waals surface area (Å²) in [6.07, 6.45) is 75.9. The molecule has 0 aromatic rings. The van der Waals surface area contributed by atoms with Crippen molar-refractivity contribution in [3.8, 4) is 0 Å². The number of amides is 1. The van der Waals surface area contributed by atoms with Crippen LogP contribution in [0.3, 0.4) is 0 Å². The summed E-state index contributed by atoms with van der Waals surface area (Å²) < 4.78 is 17.6. The van der Waals surface area contributed by atoms with Crippen molar-refractivity contribution in [3.05, 3.63) is 146 Å². The summed E-state index contributed by atoms with van der Waals surface area (Å²) >= 11 is 0. The van der Waals surface area contributed by atoms with Crippen LogP contribution in [0.25, 0.3) is 0 Å². The highest BCUT2D eigenvalue weighted by molar-refractivity contribution is 5.80. The molecule has 1 heterocycles. The van der Waals surface area contributed by atoms with E-state index in [2.05, 4.69) is 160 Å². The molecule has 8 atom stereocenters. The Hall–Kier alpha value is -4.46. The molecule has 0 radical (unpaired) electrons. The van der Waals surface area contributed by atoms with Gasteiger partial charge in [-0.15, -0.1) is 0 Å². The number of allylic oxidation sites excluding steroid dienone is 23. The first-order chi connectivity index (χ1) is 41.7. The molecule has 1 saturated heterocycles. The van der Waals surface area contributed by atoms with E-state index < -0.39 is 67.4 Å². The number of carbonyl (C=O) groups excluding carboxylic acids is 2. The van der Waals surface area contributed by atoms with Crippen molar-refractivity contribution in [3.63, 3.8) is 0 Å². The van der Waals surface area contributed by atoms with Crippen LogP contribution in [-0.2, 0) is 23.8 Å². The lowest BCUT2D eigenvalue weighted by Gasteiger charge is -2.41. The van der Waals surface area contributed by atoms with Crippen molar-refractivity contribution in [1.82, 2.24) is 5.32 Å². The monoisotopic (exact) mass is 1180 g/mol. The van der Waals surface area contributed by atoms with Gasteiger partial charge in [0.05, 0.1) is 25.4 Å². The van der Waals surface area contributed by atoms with Gasteiger partial charge in [0.25, 0.3) is 0 Å². The number of unbranched alkanes of at least 4 members (excludes halogenated alkanes) is 19. The van der Waals surface area contributed by atoms with Crippen molar-refractivity contribution < 1.29 is 49.3 Å². The lowest BCUT2D eigenvalue weighted by molar-refractivity contribution is -0.305. The predicted molar refractivity (Wildman–Crippen MR) is 356 cm³/mol. The number of hydrogen-bond donors (Lipinski definition) is 6. The fraction of sp³-hybridized carbons (Fsp3) is 0.649. The molecule has 85 heavy (non-hydrogen) atoms. The fourth-order valence-electron chi connectivity index (χ4n) is 9.50. The third kappa shape index (κ3) is 47.3. The normalized spacial score (nSPS) is 19.4. The van der Waals surface area contributed by atoms with E-state index in [0.29, 0.717) is 12.8 Å². The number of aliphatic hydroxyl groups excluding tert-OH is 5. The summed E-state index contributed by atoms with van der Waals surface area (Å²) in [6.45, 7) is 5.53. The van der Waals surface area contributed by atoms with Crippen LogP contribution in [0.15, 0.2) is 146 Å². The van der Waals surface area contributed by atoms with E-state index in [0.717, 1.165) is 161 Å². The van der Waals surface area contributed by atoms with Gasteiger partial charge in [-0.2, -0.15) is 0 Å². The van der Waals surface area contributed by atoms with E-state index in [1.807, 2.05) is 6.08 Å². The van der Waals surface area contributed by atoms with Crippen LogP contribution in [0.2, 0.25) is 0 Å². The Bertz CT molecular complexity index is 1940. The van der Waals surface area contributed by atoms with E-state index in [-0.39, 0.29) is 19.4 Å². The number of nitrogens with one attached hydrogen (secondary N) is 1. The summed E-state index contributed by atoms with van der Waals surface area (Å²) in [5.41, 5.74) is 0. The van der Waals surface area contributed by atoms with Crippen molar-refractivity contribution in [2.75, 3.05) is 13.2 Å². The molecule has 1 rings (SSSR count). The highest BCUT2D eigenvalue weighted by atomic mass is 16.7. The standard InChI is InChI=1S/C74H121NO10/c1-4-7-10-13-16-19-22-24-26-28-30-32-34-36-38-40-42-44-47-50-53-56-59-62-69(79)85-72-71(81)70(80)68(63-76)84-74(72)83-64-65(66(77)60-57-54-51-48-45-21-18-15-12-9-6-3)75-73(82)67(78)61-58-55-52-49-46-43-41-39-37-35-33-31-29-27-25-23-20-17-14-11-8-5-2/h7-8,10-11,16-17,19-20,24-27,30-33,36-39,42,44,57,60,65-68,70-72,74,76-78,80-81H,4-6,9,12-15,18,21-23,28-29,34-35,40-41,43,45-56,58-59,61-64H2,1-3H3,(H,75,82)/b10-7-,11-8-,19-16-,20-17-,26-24-,27-25-,32-30-,33-31-,38-36-,39-37-,44-42-,60-57+. The SMILES string of the molecule is CC/C=C\C/C=C\C/C=C\C/C=C\C/C=C\C/C=C\CCCCCCC(=O)OC1C(OCC(NC(=O)C(O)CCCCCCCC/C=C\C/C=C\C/C=C\C/C=C\C/C=C\CC)C(O)/C=C/CCCCCCCCCCC)OC(CO)C(O)C1O. The first-order valence-corrected chi connectivity index (χ1v) is 33.6. The Morgan fingerprint density at radius 3 is 1.27 bits per heavy atom. The number of carbonyl (C=O) groups is 2. The van der Waals surface area contributed by atoms with E-state index in [9.17, 15) is 35.1 Å². The molecule has 1 fully saturated rings. The third-order valence-corrected chi connectivity index (χ3v) is 14.7. The summed E-state index contributed by atoms with van der Waals surface area (Å²) in [5.74, 6) is -1.24. The Morgan fingerprint density at radius 2 is 0.847 bits per heavy atom. The summed E-state index contributed by atoms with van der Waals surface area (Å²) in [6, 6.07) is -1.05. The molecule has 6 N–H and O–H groups in total. The quantitative estimate of drug-likeness (QED) is 0.0195. The van der Waals surface area contributed by atoms with Crippen molar-refractivity contribution in [2.45, 2.75) is 294 Å². The highest BCUT2D eigenvalue weighted by Crippen LogP contribution is 2.26. The van der Waals surface area contributed by atoms with Gasteiger partial charge in [0, 0.05) is 6.42 Å². The van der Waals surface area contributed by atoms with Crippen LogP contribution < -0.4 is 5.32 Å². The van der Waals surface area contributed by atoms with E-state index in [1.165, 1.54) is 38.5 Å². The molecule has 0 bridgehead atoms. The molecule has 0 aliphatic carbocycles. The van der Waals surface area contributed by atoms with Gasteiger partial charge in [0.1, 0.15) is 24.4 Å². The van der Waals surface area contributed by atoms with Crippen LogP contribution in [-0.4, -0.2) is 99.6 Å². The summed E-state index contributed by atoms with van der Waals surface area (Å²) in [7, 11) is 0. The molecule has 8 unspecified atom stereocenters. The van der Waals surface area contributed by atoms with Gasteiger partial charge in [-0.25, -0.2) is 0 Å². The molecule has 0 spiro atoms. The van der Waals surface area contributed by atoms with E-state index >= 15 is 0 Å². The first-order valence-electron chi connectivity index (χ1n) is 33.6. The predicted octanol–water partition coefficient (Wildman–Crippen LogP) is 16.9. The van der Waals surface area contributed by atoms with Gasteiger partial charge in [0.2, 0.25) is 5.91 Å². The van der Waals surface area contributed by atoms with Gasteiger partial charge in [0.15, 0.2) is 12.4 Å². The molecule has 482 valence electrons. The maximum absolute atomic E-state index is 13.5. The van der Waals surface area contributed by atoms with E-state index in [1.54, 1.807) is 6.08 Å². The summed E-state index contributed by atoms with van der Waals surface area (Å²) in [5, 5.41) is 57.1. The Balaban J connectivity index is 2.64. The minimum atomic E-state index is -1.64. The minimum absolute atomic E-state index is 0.0836. The molecule has 0 aromatic heterocycles. The van der Waals surface area contributed by atoms with Crippen LogP contribution >= 0.6 is 0 Å². The van der Waals surface area contributed by atoms with E-state index in [4.69, 9.17) is 14.2 Å². The molecular formula is C74H121NO10. The first kappa shape index (κ1) is 78.6. The Labute approximate surface area is 517 Å². The maximum Gasteiger partial charge on any atom is 0.306 e. The average molecular weight is 1180 g/mol. The van der Waals surface area contributed by atoms with Crippen LogP contribution in [0.1, 0.15) is 245 Å². The molecule has 1 aliphatic heterocycles. The molecule has 0 saturated carbocycles. The van der Waals surface area contributed by atoms with Crippen LogP contribution in [0.5, 0.6) is 0 Å². The van der Waals surface area contributed by atoms with Crippen molar-refractivity contribution in [2.24, 2.45) is 0 Å². The molecule has 0 aromatic carbocycles. The van der Waals surface area contributed by atoms with Gasteiger partial charge in [-0.3, -0.25) is 9.59 Å². The molecule has 11 nitrogen and oxygen atoms in total. The van der Waals surface area contributed by atoms with Gasteiger partial charge < -0.3 is 45.1 Å². The lowest BCUT2D eigenvalue weighted by atomic mass is 9.99. The Morgan fingerprint density at radius 1 is 0.471 bits per heavy atom. The zero-order valence-electron chi connectivity index (χ0n) is 53.4. The largest absolute Gasteiger partial charge is 0.454 e. The second-order valence-electron chi connectivity index (χ2n) is 22.4. The molecule has 1 amide bonds. The summed E-state index contributed by atoms with van der Waals surface area (Å²) in [4.78, 5) is 26.6. The number of aliphatic hydroxyl groups is 5. The third-order valence-electron chi connectivity index (χ3n) is 14.7. The molecule has 11 heteroatoms. The van der Waals surface area contributed by atoms with Gasteiger partial charge in [-0.05, 0) is 122 Å². The smallest absolute Gasteiger partial charge is 0.306 e. The second-order valence-corrected chi connectivity index (χ2v) is 22.4. The molecular weight excluding hydrogens is 1060 g/mol. The fourth-order valence-corrected chi connectivity index (χ4v) is 9.50. The topological polar surface area (TPSA) is 175 Å². The second kappa shape index (κ2) is 59.9. The number of ether oxygens (including phenoxy) is 3. The lowest BCUT2D eigenvalue weighted by Crippen LogP contribution is -2.61. The minimum Gasteiger partial charge on any atom is -0.454 e. The zero-order valence-corrected chi connectivity index (χ0v) is 53.4. The number of hydrogen-bond acceptors (Lipinski definition) is 10. The van der Waals surface area contributed by atoms with Crippen molar-refractivity contribution >= 4 is 11.9 Å². The van der Waals surface area contributed by atoms with Crippen LogP contribution in [0, 0.1) is 0 Å². The van der Waals surface area contributed by atoms with Gasteiger partial charge in [-0.1, -0.05) is 263 Å². The van der Waals surface area contributed by atoms with Gasteiger partial charge >= 0.3 is 5.97 Å². The highest BCUT2D eigenvalue weighted by Gasteiger charge is 2.47. The average Bonchev–Trinajstić information content (AvgIpc) is 2.90. The Kier molecular flexibility index (Phi) is 55.3. The zero-order chi connectivity index (χ0) is 61.7. The molecule has 1 aliphatic rings.